The number of benzene rings is 1. The molecule has 0 unspecified atom stereocenters. The van der Waals surface area contributed by atoms with Crippen LogP contribution in [0, 0.1) is 6.92 Å². The summed E-state index contributed by atoms with van der Waals surface area (Å²) in [6.07, 6.45) is 1.18. The zero-order valence-electron chi connectivity index (χ0n) is 11.2. The molecule has 0 aromatic heterocycles. The number of nitrogens with one attached hydrogen (secondary N) is 1. The van der Waals surface area contributed by atoms with Crippen molar-refractivity contribution in [2.24, 2.45) is 0 Å². The third kappa shape index (κ3) is 4.72. The zero-order valence-corrected chi connectivity index (χ0v) is 11.2. The number of carboxylic acids is 2. The third-order valence-electron chi connectivity index (χ3n) is 2.88. The number of carbonyl (C=O) groups is 3. The number of amides is 1. The first-order chi connectivity index (χ1) is 9.41. The van der Waals surface area contributed by atoms with Crippen molar-refractivity contribution in [1.29, 1.82) is 0 Å². The Balaban J connectivity index is 2.56. The Bertz CT molecular complexity index is 524. The molecule has 1 aromatic carbocycles. The van der Waals surface area contributed by atoms with Gasteiger partial charge in [0.05, 0.1) is 5.56 Å². The Morgan fingerprint density at radius 2 is 1.75 bits per heavy atom. The van der Waals surface area contributed by atoms with Gasteiger partial charge in [-0.05, 0) is 37.5 Å². The van der Waals surface area contributed by atoms with E-state index in [0.717, 1.165) is 0 Å². The number of carbonyl (C=O) groups excluding carboxylic acids is 1. The fraction of sp³-hybridized carbons (Fsp3) is 0.357. The minimum Gasteiger partial charge on any atom is -0.481 e. The van der Waals surface area contributed by atoms with Crippen LogP contribution in [0.5, 0.6) is 0 Å². The lowest BCUT2D eigenvalue weighted by Crippen LogP contribution is -2.13. The van der Waals surface area contributed by atoms with Gasteiger partial charge in [-0.2, -0.15) is 0 Å². The minimum absolute atomic E-state index is 0.0425. The van der Waals surface area contributed by atoms with Crippen molar-refractivity contribution in [2.75, 3.05) is 5.32 Å². The SMILES string of the molecule is Cc1c(NC(=O)CCCCC(=O)O)cccc1C(=O)O. The largest absolute Gasteiger partial charge is 0.481 e. The van der Waals surface area contributed by atoms with Gasteiger partial charge in [-0.15, -0.1) is 0 Å². The number of unbranched alkanes of at least 4 members (excludes halogenated alkanes) is 1. The van der Waals surface area contributed by atoms with E-state index in [4.69, 9.17) is 10.2 Å². The highest BCUT2D eigenvalue weighted by Gasteiger charge is 2.11. The van der Waals surface area contributed by atoms with Gasteiger partial charge < -0.3 is 15.5 Å². The minimum atomic E-state index is -1.04. The lowest BCUT2D eigenvalue weighted by Gasteiger charge is -2.10. The maximum atomic E-state index is 11.7. The van der Waals surface area contributed by atoms with Gasteiger partial charge >= 0.3 is 11.9 Å². The van der Waals surface area contributed by atoms with Crippen molar-refractivity contribution in [3.8, 4) is 0 Å². The Labute approximate surface area is 116 Å². The Kier molecular flexibility index (Phi) is 5.71. The van der Waals surface area contributed by atoms with Crippen LogP contribution in [0.25, 0.3) is 0 Å². The van der Waals surface area contributed by atoms with E-state index in [-0.39, 0.29) is 24.3 Å². The highest BCUT2D eigenvalue weighted by molar-refractivity contribution is 5.96. The van der Waals surface area contributed by atoms with E-state index in [1.807, 2.05) is 0 Å². The summed E-state index contributed by atoms with van der Waals surface area (Å²) in [5, 5.41) is 20.1. The van der Waals surface area contributed by atoms with Crippen molar-refractivity contribution in [2.45, 2.75) is 32.6 Å². The van der Waals surface area contributed by atoms with Gasteiger partial charge in [0, 0.05) is 18.5 Å². The lowest BCUT2D eigenvalue weighted by atomic mass is 10.1. The van der Waals surface area contributed by atoms with Crippen LogP contribution < -0.4 is 5.32 Å². The molecule has 0 spiro atoms. The molecular weight excluding hydrogens is 262 g/mol. The molecule has 0 aliphatic carbocycles. The number of hydrogen-bond acceptors (Lipinski definition) is 3. The van der Waals surface area contributed by atoms with E-state index in [9.17, 15) is 14.4 Å². The highest BCUT2D eigenvalue weighted by atomic mass is 16.4. The average molecular weight is 279 g/mol. The number of rotatable bonds is 7. The molecule has 1 aromatic rings. The topological polar surface area (TPSA) is 104 Å². The van der Waals surface area contributed by atoms with Crippen molar-refractivity contribution in [3.63, 3.8) is 0 Å². The van der Waals surface area contributed by atoms with Crippen LogP contribution in [0.3, 0.4) is 0 Å². The number of anilines is 1. The molecule has 1 amide bonds. The molecule has 0 atom stereocenters. The van der Waals surface area contributed by atoms with Crippen LogP contribution in [0.4, 0.5) is 5.69 Å². The Morgan fingerprint density at radius 1 is 1.10 bits per heavy atom. The van der Waals surface area contributed by atoms with E-state index in [1.54, 1.807) is 19.1 Å². The average Bonchev–Trinajstić information content (AvgIpc) is 2.36. The van der Waals surface area contributed by atoms with Gasteiger partial charge in [0.25, 0.3) is 0 Å². The van der Waals surface area contributed by atoms with Gasteiger partial charge in [-0.3, -0.25) is 9.59 Å². The second-order valence-corrected chi connectivity index (χ2v) is 4.43. The Morgan fingerprint density at radius 3 is 2.35 bits per heavy atom. The van der Waals surface area contributed by atoms with Crippen LogP contribution in [0.2, 0.25) is 0 Å². The van der Waals surface area contributed by atoms with Crippen LogP contribution in [-0.2, 0) is 9.59 Å². The summed E-state index contributed by atoms with van der Waals surface area (Å²) in [4.78, 5) is 33.0. The molecule has 6 heteroatoms. The predicted molar refractivity (Wildman–Crippen MR) is 72.9 cm³/mol. The van der Waals surface area contributed by atoms with Crippen molar-refractivity contribution < 1.29 is 24.6 Å². The van der Waals surface area contributed by atoms with E-state index < -0.39 is 11.9 Å². The summed E-state index contributed by atoms with van der Waals surface area (Å²) in [6, 6.07) is 4.67. The first-order valence-corrected chi connectivity index (χ1v) is 6.26. The quantitative estimate of drug-likeness (QED) is 0.664. The molecule has 0 bridgehead atoms. The van der Waals surface area contributed by atoms with Crippen molar-refractivity contribution in [3.05, 3.63) is 29.3 Å². The number of aliphatic carboxylic acids is 1. The van der Waals surface area contributed by atoms with Gasteiger partial charge in [-0.1, -0.05) is 6.07 Å². The molecule has 6 nitrogen and oxygen atoms in total. The molecule has 1 rings (SSSR count). The monoisotopic (exact) mass is 279 g/mol. The normalized spacial score (nSPS) is 10.1. The first-order valence-electron chi connectivity index (χ1n) is 6.26. The standard InChI is InChI=1S/C14H17NO5/c1-9-10(14(19)20)5-4-6-11(9)15-12(16)7-2-3-8-13(17)18/h4-6H,2-3,7-8H2,1H3,(H,15,16)(H,17,18)(H,19,20). The number of carboxylic acid groups (broad SMARTS) is 2. The lowest BCUT2D eigenvalue weighted by molar-refractivity contribution is -0.137. The molecule has 0 aliphatic rings. The van der Waals surface area contributed by atoms with Crippen LogP contribution >= 0.6 is 0 Å². The summed E-state index contributed by atoms with van der Waals surface area (Å²) in [7, 11) is 0. The molecular formula is C14H17NO5. The molecule has 0 fully saturated rings. The zero-order chi connectivity index (χ0) is 15.1. The summed E-state index contributed by atoms with van der Waals surface area (Å²) in [5.74, 6) is -2.17. The third-order valence-corrected chi connectivity index (χ3v) is 2.88. The van der Waals surface area contributed by atoms with E-state index in [2.05, 4.69) is 5.32 Å². The predicted octanol–water partition coefficient (Wildman–Crippen LogP) is 2.28. The number of aromatic carboxylic acids is 1. The maximum absolute atomic E-state index is 11.7. The molecule has 0 aliphatic heterocycles. The van der Waals surface area contributed by atoms with Crippen molar-refractivity contribution >= 4 is 23.5 Å². The highest BCUT2D eigenvalue weighted by Crippen LogP contribution is 2.19. The van der Waals surface area contributed by atoms with E-state index in [0.29, 0.717) is 24.1 Å². The fourth-order valence-corrected chi connectivity index (χ4v) is 1.78. The first kappa shape index (κ1) is 15.7. The van der Waals surface area contributed by atoms with Gasteiger partial charge in [0.15, 0.2) is 0 Å². The van der Waals surface area contributed by atoms with Crippen LogP contribution in [0.1, 0.15) is 41.6 Å². The second-order valence-electron chi connectivity index (χ2n) is 4.43. The summed E-state index contributed by atoms with van der Waals surface area (Å²) < 4.78 is 0. The maximum Gasteiger partial charge on any atom is 0.336 e. The van der Waals surface area contributed by atoms with E-state index >= 15 is 0 Å². The van der Waals surface area contributed by atoms with Gasteiger partial charge in [0.2, 0.25) is 5.91 Å². The molecule has 0 radical (unpaired) electrons. The molecule has 108 valence electrons. The number of hydrogen-bond donors (Lipinski definition) is 3. The van der Waals surface area contributed by atoms with E-state index in [1.165, 1.54) is 6.07 Å². The molecule has 20 heavy (non-hydrogen) atoms. The van der Waals surface area contributed by atoms with Crippen molar-refractivity contribution in [1.82, 2.24) is 0 Å². The molecule has 0 saturated carbocycles. The van der Waals surface area contributed by atoms with Crippen LogP contribution in [-0.4, -0.2) is 28.1 Å². The Hall–Kier alpha value is -2.37. The van der Waals surface area contributed by atoms with Crippen LogP contribution in [0.15, 0.2) is 18.2 Å². The summed E-state index contributed by atoms with van der Waals surface area (Å²) in [5.41, 5.74) is 1.11. The molecule has 0 heterocycles. The van der Waals surface area contributed by atoms with Gasteiger partial charge in [-0.25, -0.2) is 4.79 Å². The molecule has 0 saturated heterocycles. The molecule has 3 N–H and O–H groups in total. The summed E-state index contributed by atoms with van der Waals surface area (Å²) in [6.45, 7) is 1.63. The smallest absolute Gasteiger partial charge is 0.336 e. The second kappa shape index (κ2) is 7.28. The van der Waals surface area contributed by atoms with Gasteiger partial charge in [0.1, 0.15) is 0 Å². The summed E-state index contributed by atoms with van der Waals surface area (Å²) >= 11 is 0. The fourth-order valence-electron chi connectivity index (χ4n) is 1.78.